The van der Waals surface area contributed by atoms with E-state index >= 15 is 0 Å². The maximum Gasteiger partial charge on any atom is 0.265 e. The van der Waals surface area contributed by atoms with Gasteiger partial charge < -0.3 is 10.1 Å². The van der Waals surface area contributed by atoms with Gasteiger partial charge in [0.1, 0.15) is 5.75 Å². The fraction of sp³-hybridized carbons (Fsp3) is 0.0556. The third-order valence-electron chi connectivity index (χ3n) is 3.24. The second kappa shape index (κ2) is 6.45. The molecular formula is C18H15NO2S. The molecule has 0 radical (unpaired) electrons. The fourth-order valence-corrected chi connectivity index (χ4v) is 2.99. The summed E-state index contributed by atoms with van der Waals surface area (Å²) in [6.07, 6.45) is 0. The summed E-state index contributed by atoms with van der Waals surface area (Å²) in [6, 6.07) is 21.1. The lowest BCUT2D eigenvalue weighted by Gasteiger charge is -2.03. The molecule has 22 heavy (non-hydrogen) atoms. The van der Waals surface area contributed by atoms with Crippen LogP contribution in [0.2, 0.25) is 0 Å². The third-order valence-corrected chi connectivity index (χ3v) is 4.37. The first-order chi connectivity index (χ1) is 10.8. The van der Waals surface area contributed by atoms with Crippen molar-refractivity contribution in [2.45, 2.75) is 0 Å². The summed E-state index contributed by atoms with van der Waals surface area (Å²) in [5, 5.41) is 2.89. The molecule has 3 rings (SSSR count). The Labute approximate surface area is 133 Å². The van der Waals surface area contributed by atoms with E-state index in [1.807, 2.05) is 66.7 Å². The van der Waals surface area contributed by atoms with Crippen molar-refractivity contribution in [3.05, 3.63) is 71.6 Å². The Bertz CT molecular complexity index is 763. The number of carbonyl (C=O) groups excluding carboxylic acids is 1. The first-order valence-corrected chi connectivity index (χ1v) is 7.68. The number of benzene rings is 2. The minimum Gasteiger partial charge on any atom is -0.497 e. The predicted molar refractivity (Wildman–Crippen MR) is 90.7 cm³/mol. The minimum atomic E-state index is -0.0871. The molecular weight excluding hydrogens is 294 g/mol. The van der Waals surface area contributed by atoms with Crippen molar-refractivity contribution in [2.75, 3.05) is 12.4 Å². The van der Waals surface area contributed by atoms with Gasteiger partial charge in [-0.1, -0.05) is 18.2 Å². The first-order valence-electron chi connectivity index (χ1n) is 6.87. The summed E-state index contributed by atoms with van der Waals surface area (Å²) >= 11 is 1.47. The van der Waals surface area contributed by atoms with Crippen molar-refractivity contribution < 1.29 is 9.53 Å². The highest BCUT2D eigenvalue weighted by molar-refractivity contribution is 7.17. The number of methoxy groups -OCH3 is 1. The van der Waals surface area contributed by atoms with E-state index in [1.165, 1.54) is 11.3 Å². The number of carbonyl (C=O) groups is 1. The van der Waals surface area contributed by atoms with Crippen LogP contribution in [0.15, 0.2) is 66.7 Å². The number of nitrogens with one attached hydrogen (secondary N) is 1. The summed E-state index contributed by atoms with van der Waals surface area (Å²) in [7, 11) is 1.65. The molecule has 0 aliphatic carbocycles. The van der Waals surface area contributed by atoms with Crippen molar-refractivity contribution in [2.24, 2.45) is 0 Å². The summed E-state index contributed by atoms with van der Waals surface area (Å²) in [4.78, 5) is 14.0. The SMILES string of the molecule is COc1ccc(-c2ccc(C(=O)Nc3ccccc3)s2)cc1. The normalized spacial score (nSPS) is 10.2. The van der Waals surface area contributed by atoms with Gasteiger partial charge in [0.15, 0.2) is 0 Å². The van der Waals surface area contributed by atoms with Gasteiger partial charge in [-0.15, -0.1) is 11.3 Å². The van der Waals surface area contributed by atoms with Gasteiger partial charge in [-0.3, -0.25) is 4.79 Å². The van der Waals surface area contributed by atoms with E-state index in [9.17, 15) is 4.79 Å². The molecule has 1 amide bonds. The highest BCUT2D eigenvalue weighted by Gasteiger charge is 2.10. The van der Waals surface area contributed by atoms with Crippen molar-refractivity contribution >= 4 is 22.9 Å². The molecule has 3 nitrogen and oxygen atoms in total. The van der Waals surface area contributed by atoms with Crippen LogP contribution >= 0.6 is 11.3 Å². The number of hydrogen-bond acceptors (Lipinski definition) is 3. The molecule has 0 saturated carbocycles. The minimum absolute atomic E-state index is 0.0871. The lowest BCUT2D eigenvalue weighted by molar-refractivity contribution is 0.103. The summed E-state index contributed by atoms with van der Waals surface area (Å²) in [6.45, 7) is 0. The number of hydrogen-bond donors (Lipinski definition) is 1. The quantitative estimate of drug-likeness (QED) is 0.760. The highest BCUT2D eigenvalue weighted by atomic mass is 32.1. The number of amides is 1. The van der Waals surface area contributed by atoms with E-state index in [-0.39, 0.29) is 5.91 Å². The smallest absolute Gasteiger partial charge is 0.265 e. The molecule has 0 fully saturated rings. The van der Waals surface area contributed by atoms with Crippen molar-refractivity contribution in [1.82, 2.24) is 0 Å². The van der Waals surface area contributed by atoms with E-state index in [1.54, 1.807) is 7.11 Å². The van der Waals surface area contributed by atoms with Gasteiger partial charge >= 0.3 is 0 Å². The third kappa shape index (κ3) is 3.18. The van der Waals surface area contributed by atoms with E-state index < -0.39 is 0 Å². The zero-order chi connectivity index (χ0) is 15.4. The number of ether oxygens (including phenoxy) is 1. The summed E-state index contributed by atoms with van der Waals surface area (Å²) < 4.78 is 5.15. The average molecular weight is 309 g/mol. The van der Waals surface area contributed by atoms with Gasteiger partial charge in [-0.05, 0) is 54.1 Å². The van der Waals surface area contributed by atoms with Crippen LogP contribution in [0.4, 0.5) is 5.69 Å². The standard InChI is InChI=1S/C18H15NO2S/c1-21-15-9-7-13(8-10-15)16-11-12-17(22-16)18(20)19-14-5-3-2-4-6-14/h2-12H,1H3,(H,19,20). The van der Waals surface area contributed by atoms with Gasteiger partial charge in [0, 0.05) is 10.6 Å². The molecule has 0 aliphatic rings. The predicted octanol–water partition coefficient (Wildman–Crippen LogP) is 4.68. The Hall–Kier alpha value is -2.59. The van der Waals surface area contributed by atoms with E-state index in [0.29, 0.717) is 4.88 Å². The molecule has 1 aromatic heterocycles. The highest BCUT2D eigenvalue weighted by Crippen LogP contribution is 2.29. The van der Waals surface area contributed by atoms with Gasteiger partial charge in [0.05, 0.1) is 12.0 Å². The van der Waals surface area contributed by atoms with Crippen LogP contribution in [0.3, 0.4) is 0 Å². The second-order valence-corrected chi connectivity index (χ2v) is 5.80. The van der Waals surface area contributed by atoms with Crippen LogP contribution in [0, 0.1) is 0 Å². The Morgan fingerprint density at radius 1 is 0.955 bits per heavy atom. The lowest BCUT2D eigenvalue weighted by atomic mass is 10.2. The molecule has 0 aliphatic heterocycles. The molecule has 0 bridgehead atoms. The maximum absolute atomic E-state index is 12.2. The Morgan fingerprint density at radius 3 is 2.36 bits per heavy atom. The second-order valence-electron chi connectivity index (χ2n) is 4.71. The molecule has 4 heteroatoms. The zero-order valence-electron chi connectivity index (χ0n) is 12.1. The number of rotatable bonds is 4. The van der Waals surface area contributed by atoms with Crippen LogP contribution in [-0.2, 0) is 0 Å². The fourth-order valence-electron chi connectivity index (χ4n) is 2.08. The lowest BCUT2D eigenvalue weighted by Crippen LogP contribution is -2.09. The van der Waals surface area contributed by atoms with Gasteiger partial charge in [-0.2, -0.15) is 0 Å². The number of thiophene rings is 1. The molecule has 0 atom stereocenters. The molecule has 0 spiro atoms. The van der Waals surface area contributed by atoms with E-state index in [0.717, 1.165) is 21.9 Å². The summed E-state index contributed by atoms with van der Waals surface area (Å²) in [5.74, 6) is 0.735. The molecule has 2 aromatic carbocycles. The van der Waals surface area contributed by atoms with Crippen LogP contribution in [0.25, 0.3) is 10.4 Å². The van der Waals surface area contributed by atoms with Gasteiger partial charge in [0.2, 0.25) is 0 Å². The van der Waals surface area contributed by atoms with Crippen molar-refractivity contribution in [1.29, 1.82) is 0 Å². The molecule has 1 heterocycles. The topological polar surface area (TPSA) is 38.3 Å². The Balaban J connectivity index is 1.76. The van der Waals surface area contributed by atoms with E-state index in [4.69, 9.17) is 4.74 Å². The number of anilines is 1. The maximum atomic E-state index is 12.2. The van der Waals surface area contributed by atoms with E-state index in [2.05, 4.69) is 5.32 Å². The van der Waals surface area contributed by atoms with Crippen LogP contribution in [0.5, 0.6) is 5.75 Å². The molecule has 0 unspecified atom stereocenters. The Morgan fingerprint density at radius 2 is 1.68 bits per heavy atom. The summed E-state index contributed by atoms with van der Waals surface area (Å²) in [5.41, 5.74) is 1.87. The average Bonchev–Trinajstić information content (AvgIpc) is 3.06. The molecule has 110 valence electrons. The van der Waals surface area contributed by atoms with Crippen LogP contribution in [0.1, 0.15) is 9.67 Å². The van der Waals surface area contributed by atoms with Crippen LogP contribution < -0.4 is 10.1 Å². The molecule has 3 aromatic rings. The number of para-hydroxylation sites is 1. The monoisotopic (exact) mass is 309 g/mol. The zero-order valence-corrected chi connectivity index (χ0v) is 12.9. The Kier molecular flexibility index (Phi) is 4.21. The molecule has 0 saturated heterocycles. The molecule has 1 N–H and O–H groups in total. The first kappa shape index (κ1) is 14.4. The van der Waals surface area contributed by atoms with Crippen LogP contribution in [-0.4, -0.2) is 13.0 Å². The van der Waals surface area contributed by atoms with Crippen molar-refractivity contribution in [3.63, 3.8) is 0 Å². The van der Waals surface area contributed by atoms with Crippen molar-refractivity contribution in [3.8, 4) is 16.2 Å². The largest absolute Gasteiger partial charge is 0.497 e. The van der Waals surface area contributed by atoms with Gasteiger partial charge in [0.25, 0.3) is 5.91 Å². The van der Waals surface area contributed by atoms with Gasteiger partial charge in [-0.25, -0.2) is 0 Å².